The molecule has 0 aromatic heterocycles. The zero-order chi connectivity index (χ0) is 60.5. The molecule has 3 aliphatic heterocycles. The number of carbonyl (C=O) groups excluding carboxylic acids is 1. The maximum Gasteiger partial charge on any atom is 0.220 e. The van der Waals surface area contributed by atoms with Crippen molar-refractivity contribution < 1.29 is 89.4 Å². The molecule has 83 heavy (non-hydrogen) atoms. The van der Waals surface area contributed by atoms with Gasteiger partial charge in [0.05, 0.1) is 38.6 Å². The minimum Gasteiger partial charge on any atom is -0.394 e. The molecule has 3 saturated heterocycles. The first-order chi connectivity index (χ1) is 40.3. The summed E-state index contributed by atoms with van der Waals surface area (Å²) < 4.78 is 34.3. The lowest BCUT2D eigenvalue weighted by molar-refractivity contribution is -0.379. The summed E-state index contributed by atoms with van der Waals surface area (Å²) >= 11 is 0. The number of allylic oxidation sites excluding steroid dienone is 7. The van der Waals surface area contributed by atoms with Crippen LogP contribution >= 0.6 is 0 Å². The highest BCUT2D eigenvalue weighted by atomic mass is 16.8. The van der Waals surface area contributed by atoms with E-state index in [9.17, 15) is 61.0 Å². The number of hydrogen-bond acceptors (Lipinski definition) is 18. The molecule has 1 amide bonds. The molecule has 3 heterocycles. The summed E-state index contributed by atoms with van der Waals surface area (Å²) in [6, 6.07) is -0.975. The Bertz CT molecular complexity index is 1700. The zero-order valence-corrected chi connectivity index (χ0v) is 50.7. The van der Waals surface area contributed by atoms with Crippen molar-refractivity contribution in [2.24, 2.45) is 0 Å². The van der Waals surface area contributed by atoms with E-state index in [1.165, 1.54) is 122 Å². The molecule has 0 aromatic rings. The lowest BCUT2D eigenvalue weighted by atomic mass is 9.96. The number of ether oxygens (including phenoxy) is 6. The SMILES string of the molecule is CCCCCCC/C=C\C/C=C\C/C=C\CCCCCCCCCCCCC(=O)NC(COC1OC(CO)C(OC2OC(CO)C(OC3OC(CO)C(O)C(O)C3O)C(O)C2O)C(O)C1O)C(O)/C=C/CCCCCCCCCCCCC. The Balaban J connectivity index is 1.44. The van der Waals surface area contributed by atoms with Crippen LogP contribution in [0.5, 0.6) is 0 Å². The van der Waals surface area contributed by atoms with Crippen LogP contribution in [-0.2, 0) is 33.2 Å². The zero-order valence-electron chi connectivity index (χ0n) is 50.7. The van der Waals surface area contributed by atoms with Gasteiger partial charge in [0.25, 0.3) is 0 Å². The predicted octanol–water partition coefficient (Wildman–Crippen LogP) is 7.04. The second-order valence-electron chi connectivity index (χ2n) is 23.2. The monoisotopic (exact) mass is 1190 g/mol. The van der Waals surface area contributed by atoms with Crippen molar-refractivity contribution in [1.82, 2.24) is 5.32 Å². The van der Waals surface area contributed by atoms with E-state index in [4.69, 9.17) is 28.4 Å². The molecule has 0 spiro atoms. The summed E-state index contributed by atoms with van der Waals surface area (Å²) in [4.78, 5) is 13.4. The average Bonchev–Trinajstić information content (AvgIpc) is 3.57. The Kier molecular flexibility index (Phi) is 42.3. The number of rotatable bonds is 48. The first-order valence-electron chi connectivity index (χ1n) is 32.4. The van der Waals surface area contributed by atoms with Crippen LogP contribution < -0.4 is 5.32 Å². The van der Waals surface area contributed by atoms with Crippen LogP contribution in [0.1, 0.15) is 219 Å². The molecule has 3 aliphatic rings. The van der Waals surface area contributed by atoms with E-state index in [1.54, 1.807) is 6.08 Å². The van der Waals surface area contributed by atoms with Crippen LogP contribution in [0, 0.1) is 0 Å². The molecule has 19 heteroatoms. The molecular formula is C64H115NO18. The first-order valence-corrected chi connectivity index (χ1v) is 32.4. The lowest BCUT2D eigenvalue weighted by Crippen LogP contribution is -2.66. The van der Waals surface area contributed by atoms with Gasteiger partial charge in [0.2, 0.25) is 5.91 Å². The number of amides is 1. The number of hydrogen-bond donors (Lipinski definition) is 12. The highest BCUT2D eigenvalue weighted by Gasteiger charge is 2.53. The molecule has 17 unspecified atom stereocenters. The number of aliphatic hydroxyl groups is 11. The lowest BCUT2D eigenvalue weighted by Gasteiger charge is -2.48. The molecule has 0 bridgehead atoms. The van der Waals surface area contributed by atoms with Gasteiger partial charge in [-0.25, -0.2) is 0 Å². The maximum atomic E-state index is 13.4. The Morgan fingerprint density at radius 1 is 0.434 bits per heavy atom. The second kappa shape index (κ2) is 46.8. The number of aliphatic hydroxyl groups excluding tert-OH is 11. The summed E-state index contributed by atoms with van der Waals surface area (Å²) in [5.41, 5.74) is 0. The standard InChI is InChI=1S/C64H115NO18/c1-3-5-7-9-11-13-15-17-18-19-20-21-22-23-24-25-26-27-28-30-32-34-36-38-40-42-52(70)65-47(48(69)41-39-37-35-33-31-29-16-14-12-10-8-6-4-2)46-78-62-58(76)55(73)60(50(44-67)80-62)83-64-59(77)56(74)61(51(45-68)81-64)82-63-57(75)54(72)53(71)49(43-66)79-63/h15,17,19-20,22-23,39,41,47-51,53-64,66-69,71-77H,3-14,16,18,21,24-38,40,42-46H2,1-2H3,(H,65,70)/b17-15-,20-19-,23-22-,41-39+. The molecule has 484 valence electrons. The fraction of sp³-hybridized carbons (Fsp3) is 0.859. The van der Waals surface area contributed by atoms with Gasteiger partial charge in [0.1, 0.15) is 73.2 Å². The van der Waals surface area contributed by atoms with Crippen molar-refractivity contribution in [2.75, 3.05) is 26.4 Å². The van der Waals surface area contributed by atoms with E-state index in [0.717, 1.165) is 70.6 Å². The van der Waals surface area contributed by atoms with Gasteiger partial charge in [-0.15, -0.1) is 0 Å². The van der Waals surface area contributed by atoms with Gasteiger partial charge in [-0.1, -0.05) is 204 Å². The molecular weight excluding hydrogens is 1070 g/mol. The van der Waals surface area contributed by atoms with Gasteiger partial charge < -0.3 is 89.9 Å². The summed E-state index contributed by atoms with van der Waals surface area (Å²) in [5.74, 6) is -0.281. The minimum absolute atomic E-state index is 0.238. The maximum absolute atomic E-state index is 13.4. The van der Waals surface area contributed by atoms with E-state index in [-0.39, 0.29) is 18.9 Å². The Labute approximate surface area is 497 Å². The first kappa shape index (κ1) is 75.0. The van der Waals surface area contributed by atoms with Crippen molar-refractivity contribution in [3.63, 3.8) is 0 Å². The van der Waals surface area contributed by atoms with Crippen LogP contribution in [0.15, 0.2) is 48.6 Å². The van der Waals surface area contributed by atoms with E-state index in [2.05, 4.69) is 55.6 Å². The normalized spacial score (nSPS) is 29.7. The molecule has 12 N–H and O–H groups in total. The van der Waals surface area contributed by atoms with Gasteiger partial charge in [-0.3, -0.25) is 4.79 Å². The van der Waals surface area contributed by atoms with Crippen LogP contribution in [0.2, 0.25) is 0 Å². The van der Waals surface area contributed by atoms with Gasteiger partial charge in [-0.2, -0.15) is 0 Å². The van der Waals surface area contributed by atoms with E-state index < -0.39 is 124 Å². The fourth-order valence-electron chi connectivity index (χ4n) is 10.8. The molecule has 3 rings (SSSR count). The van der Waals surface area contributed by atoms with Crippen LogP contribution in [-0.4, -0.2) is 193 Å². The van der Waals surface area contributed by atoms with E-state index in [0.29, 0.717) is 6.42 Å². The second-order valence-corrected chi connectivity index (χ2v) is 23.2. The third-order valence-corrected chi connectivity index (χ3v) is 16.1. The summed E-state index contributed by atoms with van der Waals surface area (Å²) in [5, 5.41) is 120. The molecule has 0 saturated carbocycles. The molecule has 0 radical (unpaired) electrons. The van der Waals surface area contributed by atoms with E-state index >= 15 is 0 Å². The van der Waals surface area contributed by atoms with Crippen molar-refractivity contribution in [1.29, 1.82) is 0 Å². The number of unbranched alkanes of at least 4 members (excludes halogenated alkanes) is 26. The Hall–Kier alpha value is -2.25. The van der Waals surface area contributed by atoms with Gasteiger partial charge in [0.15, 0.2) is 18.9 Å². The average molecular weight is 1190 g/mol. The predicted molar refractivity (Wildman–Crippen MR) is 319 cm³/mol. The van der Waals surface area contributed by atoms with Crippen molar-refractivity contribution >= 4 is 5.91 Å². The molecule has 17 atom stereocenters. The van der Waals surface area contributed by atoms with Crippen molar-refractivity contribution in [3.8, 4) is 0 Å². The topological polar surface area (TPSA) is 307 Å². The minimum atomic E-state index is -1.98. The van der Waals surface area contributed by atoms with Crippen molar-refractivity contribution in [3.05, 3.63) is 48.6 Å². The molecule has 0 aliphatic carbocycles. The Morgan fingerprint density at radius 2 is 0.795 bits per heavy atom. The summed E-state index contributed by atoms with van der Waals surface area (Å²) in [6.45, 7) is 1.70. The van der Waals surface area contributed by atoms with E-state index in [1.807, 2.05) is 6.08 Å². The molecule has 19 nitrogen and oxygen atoms in total. The highest BCUT2D eigenvalue weighted by Crippen LogP contribution is 2.33. The largest absolute Gasteiger partial charge is 0.394 e. The molecule has 0 aromatic carbocycles. The summed E-state index contributed by atoms with van der Waals surface area (Å²) in [7, 11) is 0. The fourth-order valence-corrected chi connectivity index (χ4v) is 10.8. The smallest absolute Gasteiger partial charge is 0.220 e. The highest BCUT2D eigenvalue weighted by molar-refractivity contribution is 5.76. The van der Waals surface area contributed by atoms with Crippen molar-refractivity contribution in [2.45, 2.75) is 324 Å². The van der Waals surface area contributed by atoms with Gasteiger partial charge >= 0.3 is 0 Å². The van der Waals surface area contributed by atoms with Crippen LogP contribution in [0.25, 0.3) is 0 Å². The van der Waals surface area contributed by atoms with Crippen LogP contribution in [0.4, 0.5) is 0 Å². The number of carbonyl (C=O) groups is 1. The third-order valence-electron chi connectivity index (χ3n) is 16.1. The quantitative estimate of drug-likeness (QED) is 0.0215. The number of nitrogens with one attached hydrogen (secondary N) is 1. The molecule has 3 fully saturated rings. The van der Waals surface area contributed by atoms with Gasteiger partial charge in [-0.05, 0) is 57.8 Å². The Morgan fingerprint density at radius 3 is 1.24 bits per heavy atom. The summed E-state index contributed by atoms with van der Waals surface area (Å²) in [6.07, 6.45) is 26.6. The van der Waals surface area contributed by atoms with Gasteiger partial charge in [0, 0.05) is 6.42 Å². The third kappa shape index (κ3) is 30.0. The van der Waals surface area contributed by atoms with Crippen LogP contribution in [0.3, 0.4) is 0 Å².